The molecule has 9 aromatic rings. The molecule has 0 bridgehead atoms. The molecule has 0 atom stereocenters. The number of pyridine rings is 1. The molecule has 1 aromatic heterocycles. The summed E-state index contributed by atoms with van der Waals surface area (Å²) in [5.41, 5.74) is 10.3. The number of hydrogen-bond donors (Lipinski definition) is 0. The van der Waals surface area contributed by atoms with E-state index in [9.17, 15) is 4.57 Å². The van der Waals surface area contributed by atoms with Crippen LogP contribution in [0.5, 0.6) is 0 Å². The molecule has 0 aliphatic carbocycles. The third-order valence-corrected chi connectivity index (χ3v) is 13.6. The molecule has 0 unspecified atom stereocenters. The molecule has 0 fully saturated rings. The molecule has 8 aromatic carbocycles. The number of rotatable bonds is 9. The molecule has 62 heavy (non-hydrogen) atoms. The van der Waals surface area contributed by atoms with Gasteiger partial charge in [-0.05, 0) is 52.2 Å². The van der Waals surface area contributed by atoms with E-state index in [1.54, 1.807) is 0 Å². The monoisotopic (exact) mass is 1000 g/mol. The Labute approximate surface area is 382 Å². The van der Waals surface area contributed by atoms with Crippen LogP contribution in [0.3, 0.4) is 0 Å². The Morgan fingerprint density at radius 2 is 0.935 bits per heavy atom. The number of benzene rings is 8. The average molecular weight is 1000 g/mol. The van der Waals surface area contributed by atoms with Gasteiger partial charge in [0.15, 0.2) is 7.14 Å². The van der Waals surface area contributed by atoms with Crippen LogP contribution < -0.4 is 20.8 Å². The molecule has 9 rings (SSSR count). The molecule has 0 N–H and O–H groups in total. The quantitative estimate of drug-likeness (QED) is 0.0821. The second kappa shape index (κ2) is 20.0. The largest absolute Gasteiger partial charge is 3.00 e. The van der Waals surface area contributed by atoms with Crippen molar-refractivity contribution < 1.29 is 26.9 Å². The molecule has 0 saturated heterocycles. The molecule has 0 amide bonds. The van der Waals surface area contributed by atoms with Crippen LogP contribution in [0.25, 0.3) is 33.6 Å². The SMILES string of the molecule is CC(C)(C)c1c[c-]c(-c2cc(-c3ccc(P(=O)(c4ccccc4)c4ccccc4)cc3)cc(-c3[c-]cccc3)n2)cc1.[Au+3].[c-]1ccc(N(c2ccccc2)c2ccccc2)cc1. The van der Waals surface area contributed by atoms with Crippen molar-refractivity contribution in [1.82, 2.24) is 4.98 Å². The van der Waals surface area contributed by atoms with E-state index in [1.807, 2.05) is 121 Å². The maximum atomic E-state index is 14.8. The molecule has 0 saturated carbocycles. The Balaban J connectivity index is 0.000000241. The van der Waals surface area contributed by atoms with Crippen molar-refractivity contribution in [3.8, 4) is 33.6 Å². The standard InChI is InChI=1S/C39H32NOP.C18H14N.Au/c1-39(2,3)33-23-19-31(20-24-33)38-28-32(27-37(40-38)30-13-7-4-8-14-30)29-21-25-36(26-22-29)42(41,34-15-9-5-10-16-34)35-17-11-6-12-18-35;1-4-10-16(11-5-1)19(17-12-6-2-7-13-17)18-14-8-3-9-15-18;/h4-13,15-19,21-28H,1-3H3;1-2,4-15H;/q-2;-1;+3. The zero-order chi connectivity index (χ0) is 42.1. The second-order valence-electron chi connectivity index (χ2n) is 15.7. The summed E-state index contributed by atoms with van der Waals surface area (Å²) < 4.78 is 14.8. The van der Waals surface area contributed by atoms with Gasteiger partial charge in [-0.3, -0.25) is 0 Å². The van der Waals surface area contributed by atoms with E-state index in [0.29, 0.717) is 0 Å². The van der Waals surface area contributed by atoms with E-state index >= 15 is 0 Å². The van der Waals surface area contributed by atoms with Gasteiger partial charge in [0, 0.05) is 27.3 Å². The van der Waals surface area contributed by atoms with Gasteiger partial charge in [-0.15, -0.1) is 83.4 Å². The van der Waals surface area contributed by atoms with Gasteiger partial charge in [0.2, 0.25) is 0 Å². The zero-order valence-corrected chi connectivity index (χ0v) is 38.0. The summed E-state index contributed by atoms with van der Waals surface area (Å²) in [5.74, 6) is 0. The van der Waals surface area contributed by atoms with E-state index < -0.39 is 7.14 Å². The topological polar surface area (TPSA) is 33.2 Å². The van der Waals surface area contributed by atoms with Crippen molar-refractivity contribution in [2.45, 2.75) is 26.2 Å². The molecular formula is C57H46AuN2OP. The Hall–Kier alpha value is -6.32. The van der Waals surface area contributed by atoms with Crippen LogP contribution in [0.2, 0.25) is 0 Å². The van der Waals surface area contributed by atoms with E-state index in [4.69, 9.17) is 4.98 Å². The summed E-state index contributed by atoms with van der Waals surface area (Å²) in [7, 11) is -3.04. The van der Waals surface area contributed by atoms with Gasteiger partial charge in [-0.25, -0.2) is 0 Å². The first-order valence-electron chi connectivity index (χ1n) is 20.5. The van der Waals surface area contributed by atoms with Crippen molar-refractivity contribution in [3.05, 3.63) is 248 Å². The Morgan fingerprint density at radius 1 is 0.468 bits per heavy atom. The maximum Gasteiger partial charge on any atom is 3.00 e. The zero-order valence-electron chi connectivity index (χ0n) is 34.9. The molecular weight excluding hydrogens is 957 g/mol. The van der Waals surface area contributed by atoms with Crippen LogP contribution in [-0.2, 0) is 32.4 Å². The fourth-order valence-electron chi connectivity index (χ4n) is 7.29. The van der Waals surface area contributed by atoms with Crippen molar-refractivity contribution in [3.63, 3.8) is 0 Å². The van der Waals surface area contributed by atoms with Crippen LogP contribution in [0.15, 0.2) is 224 Å². The number of aromatic nitrogens is 1. The minimum Gasteiger partial charge on any atom is -0.345 e. The Morgan fingerprint density at radius 3 is 1.40 bits per heavy atom. The number of anilines is 3. The number of hydrogen-bond acceptors (Lipinski definition) is 3. The first kappa shape index (κ1) is 43.8. The molecule has 0 aliphatic heterocycles. The molecule has 3 nitrogen and oxygen atoms in total. The van der Waals surface area contributed by atoms with Gasteiger partial charge in [0.25, 0.3) is 0 Å². The minimum absolute atomic E-state index is 0. The number of para-hydroxylation sites is 2. The predicted molar refractivity (Wildman–Crippen MR) is 256 cm³/mol. The molecule has 306 valence electrons. The normalized spacial score (nSPS) is 11.1. The molecule has 5 heteroatoms. The third kappa shape index (κ3) is 10.1. The minimum atomic E-state index is -3.04. The first-order chi connectivity index (χ1) is 29.8. The second-order valence-corrected chi connectivity index (χ2v) is 18.5. The van der Waals surface area contributed by atoms with Gasteiger partial charge in [-0.2, -0.15) is 18.2 Å². The summed E-state index contributed by atoms with van der Waals surface area (Å²) in [6.07, 6.45) is 0. The predicted octanol–water partition coefficient (Wildman–Crippen LogP) is 13.6. The summed E-state index contributed by atoms with van der Waals surface area (Å²) in [4.78, 5) is 7.25. The molecule has 1 heterocycles. The smallest absolute Gasteiger partial charge is 0.345 e. The van der Waals surface area contributed by atoms with E-state index in [2.05, 4.69) is 147 Å². The average Bonchev–Trinajstić information content (AvgIpc) is 3.33. The van der Waals surface area contributed by atoms with Crippen LogP contribution in [0.4, 0.5) is 17.1 Å². The molecule has 0 aliphatic rings. The molecule has 0 spiro atoms. The van der Waals surface area contributed by atoms with Crippen molar-refractivity contribution in [1.29, 1.82) is 0 Å². The van der Waals surface area contributed by atoms with Crippen molar-refractivity contribution in [2.24, 2.45) is 0 Å². The van der Waals surface area contributed by atoms with Gasteiger partial charge in [0.1, 0.15) is 0 Å². The first-order valence-corrected chi connectivity index (χ1v) is 22.2. The van der Waals surface area contributed by atoms with Gasteiger partial charge in [-0.1, -0.05) is 160 Å². The van der Waals surface area contributed by atoms with Crippen molar-refractivity contribution in [2.75, 3.05) is 4.90 Å². The van der Waals surface area contributed by atoms with Crippen molar-refractivity contribution >= 4 is 40.1 Å². The van der Waals surface area contributed by atoms with Crippen LogP contribution in [0, 0.1) is 18.2 Å². The summed E-state index contributed by atoms with van der Waals surface area (Å²) in [5, 5.41) is 2.46. The Bertz CT molecular complexity index is 2680. The molecule has 0 radical (unpaired) electrons. The van der Waals surface area contributed by atoms with E-state index in [1.165, 1.54) is 5.56 Å². The van der Waals surface area contributed by atoms with Crippen LogP contribution >= 0.6 is 7.14 Å². The van der Waals surface area contributed by atoms with Crippen LogP contribution in [0.1, 0.15) is 26.3 Å². The van der Waals surface area contributed by atoms with Gasteiger partial charge >= 0.3 is 22.4 Å². The maximum absolute atomic E-state index is 14.8. The summed E-state index contributed by atoms with van der Waals surface area (Å²) >= 11 is 0. The number of nitrogens with zero attached hydrogens (tertiary/aromatic N) is 2. The van der Waals surface area contributed by atoms with E-state index in [-0.39, 0.29) is 27.8 Å². The summed E-state index contributed by atoms with van der Waals surface area (Å²) in [6, 6.07) is 84.8. The van der Waals surface area contributed by atoms with E-state index in [0.717, 1.165) is 66.6 Å². The van der Waals surface area contributed by atoms with Gasteiger partial charge < -0.3 is 14.4 Å². The fraction of sp³-hybridized carbons (Fsp3) is 0.0702. The van der Waals surface area contributed by atoms with Crippen LogP contribution in [-0.4, -0.2) is 4.98 Å². The Kier molecular flexibility index (Phi) is 14.1. The summed E-state index contributed by atoms with van der Waals surface area (Å²) in [6.45, 7) is 6.61. The third-order valence-electron chi connectivity index (χ3n) is 10.6. The van der Waals surface area contributed by atoms with Gasteiger partial charge in [0.05, 0.1) is 0 Å². The fourth-order valence-corrected chi connectivity index (χ4v) is 9.94.